The number of ether oxygens (including phenoxy) is 1. The maximum absolute atomic E-state index is 11.2. The van der Waals surface area contributed by atoms with Crippen LogP contribution in [0.3, 0.4) is 0 Å². The predicted octanol–water partition coefficient (Wildman–Crippen LogP) is 0.498. The van der Waals surface area contributed by atoms with Crippen molar-refractivity contribution in [3.63, 3.8) is 0 Å². The van der Waals surface area contributed by atoms with Crippen LogP contribution in [-0.4, -0.2) is 60.1 Å². The Morgan fingerprint density at radius 2 is 2.23 bits per heavy atom. The molecule has 2 saturated heterocycles. The second-order valence-corrected chi connectivity index (χ2v) is 6.04. The Morgan fingerprint density at radius 1 is 1.41 bits per heavy atom. The molecule has 2 aliphatic rings. The third-order valence-electron chi connectivity index (χ3n) is 4.37. The third-order valence-corrected chi connectivity index (χ3v) is 4.37. The zero-order chi connectivity index (χ0) is 15.4. The number of hydrogen-bond donors (Lipinski definition) is 2. The van der Waals surface area contributed by atoms with Crippen molar-refractivity contribution >= 4 is 11.7 Å². The van der Waals surface area contributed by atoms with Crippen molar-refractivity contribution < 1.29 is 9.53 Å². The molecular formula is C15H23N5O2. The van der Waals surface area contributed by atoms with Gasteiger partial charge in [-0.3, -0.25) is 4.79 Å². The number of anilines is 1. The van der Waals surface area contributed by atoms with Gasteiger partial charge in [-0.2, -0.15) is 0 Å². The summed E-state index contributed by atoms with van der Waals surface area (Å²) >= 11 is 0. The van der Waals surface area contributed by atoms with Gasteiger partial charge in [0, 0.05) is 44.7 Å². The van der Waals surface area contributed by atoms with Crippen molar-refractivity contribution in [2.24, 2.45) is 5.92 Å². The molecule has 1 amide bonds. The van der Waals surface area contributed by atoms with Crippen LogP contribution < -0.4 is 15.4 Å². The van der Waals surface area contributed by atoms with Gasteiger partial charge in [0.2, 0.25) is 11.8 Å². The Labute approximate surface area is 130 Å². The predicted molar refractivity (Wildman–Crippen MR) is 82.8 cm³/mol. The monoisotopic (exact) mass is 305 g/mol. The van der Waals surface area contributed by atoms with E-state index < -0.39 is 0 Å². The number of carbonyl (C=O) groups is 1. The molecule has 2 aliphatic heterocycles. The molecule has 1 aromatic heterocycles. The first-order valence-electron chi connectivity index (χ1n) is 7.84. The highest BCUT2D eigenvalue weighted by Gasteiger charge is 2.26. The summed E-state index contributed by atoms with van der Waals surface area (Å²) in [6, 6.07) is 2.25. The lowest BCUT2D eigenvalue weighted by atomic mass is 10.0. The number of likely N-dealkylation sites (tertiary alicyclic amines) is 1. The number of carbonyl (C=O) groups excluding carboxylic acids is 1. The van der Waals surface area contributed by atoms with Crippen molar-refractivity contribution in [1.82, 2.24) is 20.2 Å². The number of nitrogens with one attached hydrogen (secondary N) is 2. The van der Waals surface area contributed by atoms with E-state index in [4.69, 9.17) is 4.74 Å². The number of piperidine rings is 1. The van der Waals surface area contributed by atoms with E-state index in [0.29, 0.717) is 24.3 Å². The van der Waals surface area contributed by atoms with E-state index in [-0.39, 0.29) is 5.91 Å². The van der Waals surface area contributed by atoms with Crippen molar-refractivity contribution in [2.75, 3.05) is 38.6 Å². The van der Waals surface area contributed by atoms with Gasteiger partial charge in [0.05, 0.1) is 7.11 Å². The van der Waals surface area contributed by atoms with E-state index in [1.165, 1.54) is 6.33 Å². The summed E-state index contributed by atoms with van der Waals surface area (Å²) in [6.45, 7) is 3.97. The summed E-state index contributed by atoms with van der Waals surface area (Å²) in [4.78, 5) is 21.9. The second kappa shape index (κ2) is 6.91. The Balaban J connectivity index is 1.44. The van der Waals surface area contributed by atoms with E-state index in [0.717, 1.165) is 44.8 Å². The molecule has 3 heterocycles. The van der Waals surface area contributed by atoms with Crippen molar-refractivity contribution in [3.8, 4) is 5.88 Å². The molecule has 1 aromatic rings. The molecule has 1 unspecified atom stereocenters. The molecule has 0 aliphatic carbocycles. The highest BCUT2D eigenvalue weighted by Crippen LogP contribution is 2.19. The Bertz CT molecular complexity index is 516. The molecule has 2 fully saturated rings. The average Bonchev–Trinajstić information content (AvgIpc) is 2.94. The largest absolute Gasteiger partial charge is 0.481 e. The van der Waals surface area contributed by atoms with Crippen LogP contribution in [0.25, 0.3) is 0 Å². The summed E-state index contributed by atoms with van der Waals surface area (Å²) < 4.78 is 5.11. The first kappa shape index (κ1) is 15.0. The minimum atomic E-state index is 0.194. The number of methoxy groups -OCH3 is 1. The molecule has 0 aromatic carbocycles. The summed E-state index contributed by atoms with van der Waals surface area (Å²) in [6.07, 6.45) is 4.36. The Hall–Kier alpha value is -1.89. The molecule has 0 saturated carbocycles. The fourth-order valence-electron chi connectivity index (χ4n) is 3.16. The van der Waals surface area contributed by atoms with Gasteiger partial charge in [0.1, 0.15) is 12.1 Å². The summed E-state index contributed by atoms with van der Waals surface area (Å²) in [5, 5.41) is 6.36. The van der Waals surface area contributed by atoms with Crippen LogP contribution >= 0.6 is 0 Å². The van der Waals surface area contributed by atoms with Gasteiger partial charge in [0.25, 0.3) is 0 Å². The smallest absolute Gasteiger partial charge is 0.220 e. The van der Waals surface area contributed by atoms with Crippen LogP contribution in [-0.2, 0) is 4.79 Å². The molecule has 3 rings (SSSR count). The standard InChI is InChI=1S/C15H23N5O2/c1-22-15-7-13(17-10-18-15)19-12-2-4-20(5-3-12)9-11-6-14(21)16-8-11/h7,10-12H,2-6,8-9H2,1H3,(H,16,21)(H,17,18,19). The molecule has 0 radical (unpaired) electrons. The summed E-state index contributed by atoms with van der Waals surface area (Å²) in [5.74, 6) is 2.06. The van der Waals surface area contributed by atoms with E-state index in [9.17, 15) is 4.79 Å². The number of nitrogens with zero attached hydrogens (tertiary/aromatic N) is 3. The van der Waals surface area contributed by atoms with E-state index in [2.05, 4.69) is 25.5 Å². The van der Waals surface area contributed by atoms with Gasteiger partial charge < -0.3 is 20.3 Å². The van der Waals surface area contributed by atoms with Crippen LogP contribution in [0.4, 0.5) is 5.82 Å². The van der Waals surface area contributed by atoms with Gasteiger partial charge in [0.15, 0.2) is 0 Å². The van der Waals surface area contributed by atoms with Gasteiger partial charge in [-0.15, -0.1) is 0 Å². The fraction of sp³-hybridized carbons (Fsp3) is 0.667. The minimum absolute atomic E-state index is 0.194. The maximum Gasteiger partial charge on any atom is 0.220 e. The highest BCUT2D eigenvalue weighted by molar-refractivity contribution is 5.78. The summed E-state index contributed by atoms with van der Waals surface area (Å²) in [7, 11) is 1.60. The lowest BCUT2D eigenvalue weighted by Gasteiger charge is -2.33. The Kier molecular flexibility index (Phi) is 4.72. The number of aromatic nitrogens is 2. The van der Waals surface area contributed by atoms with Gasteiger partial charge >= 0.3 is 0 Å². The maximum atomic E-state index is 11.2. The van der Waals surface area contributed by atoms with E-state index >= 15 is 0 Å². The van der Waals surface area contributed by atoms with Gasteiger partial charge in [-0.05, 0) is 18.8 Å². The Morgan fingerprint density at radius 3 is 2.91 bits per heavy atom. The molecule has 7 nitrogen and oxygen atoms in total. The van der Waals surface area contributed by atoms with Crippen LogP contribution in [0.1, 0.15) is 19.3 Å². The fourth-order valence-corrected chi connectivity index (χ4v) is 3.16. The summed E-state index contributed by atoms with van der Waals surface area (Å²) in [5.41, 5.74) is 0. The molecule has 0 bridgehead atoms. The molecule has 0 spiro atoms. The number of hydrogen-bond acceptors (Lipinski definition) is 6. The molecule has 120 valence electrons. The lowest BCUT2D eigenvalue weighted by molar-refractivity contribution is -0.119. The molecule has 22 heavy (non-hydrogen) atoms. The third kappa shape index (κ3) is 3.85. The van der Waals surface area contributed by atoms with Crippen molar-refractivity contribution in [3.05, 3.63) is 12.4 Å². The average molecular weight is 305 g/mol. The van der Waals surface area contributed by atoms with Crippen LogP contribution in [0.2, 0.25) is 0 Å². The van der Waals surface area contributed by atoms with Gasteiger partial charge in [-0.25, -0.2) is 9.97 Å². The molecule has 1 atom stereocenters. The quantitative estimate of drug-likeness (QED) is 0.824. The molecule has 2 N–H and O–H groups in total. The second-order valence-electron chi connectivity index (χ2n) is 6.04. The first-order valence-corrected chi connectivity index (χ1v) is 7.84. The zero-order valence-corrected chi connectivity index (χ0v) is 12.9. The van der Waals surface area contributed by atoms with E-state index in [1.807, 2.05) is 6.07 Å². The molecular weight excluding hydrogens is 282 g/mol. The minimum Gasteiger partial charge on any atom is -0.481 e. The first-order chi connectivity index (χ1) is 10.7. The topological polar surface area (TPSA) is 79.4 Å². The van der Waals surface area contributed by atoms with Crippen LogP contribution in [0.5, 0.6) is 5.88 Å². The molecule has 7 heteroatoms. The lowest BCUT2D eigenvalue weighted by Crippen LogP contribution is -2.41. The van der Waals surface area contributed by atoms with Crippen molar-refractivity contribution in [1.29, 1.82) is 0 Å². The van der Waals surface area contributed by atoms with Crippen LogP contribution in [0, 0.1) is 5.92 Å². The van der Waals surface area contributed by atoms with Crippen molar-refractivity contribution in [2.45, 2.75) is 25.3 Å². The SMILES string of the molecule is COc1cc(NC2CCN(CC3CNC(=O)C3)CC2)ncn1. The zero-order valence-electron chi connectivity index (χ0n) is 12.9. The van der Waals surface area contributed by atoms with Gasteiger partial charge in [-0.1, -0.05) is 0 Å². The highest BCUT2D eigenvalue weighted by atomic mass is 16.5. The van der Waals surface area contributed by atoms with Crippen LogP contribution in [0.15, 0.2) is 12.4 Å². The van der Waals surface area contributed by atoms with E-state index in [1.54, 1.807) is 7.11 Å². The number of amides is 1. The normalized spacial score (nSPS) is 23.3. The number of rotatable bonds is 5.